The molecule has 1 N–H and O–H groups in total. The van der Waals surface area contributed by atoms with Crippen molar-refractivity contribution in [2.24, 2.45) is 0 Å². The fourth-order valence-corrected chi connectivity index (χ4v) is 2.82. The molecule has 18 heavy (non-hydrogen) atoms. The number of rotatable bonds is 4. The number of likely N-dealkylation sites (tertiary alicyclic amines) is 1. The third kappa shape index (κ3) is 4.30. The van der Waals surface area contributed by atoms with E-state index >= 15 is 0 Å². The molecule has 1 fully saturated rings. The van der Waals surface area contributed by atoms with Crippen LogP contribution in [0.2, 0.25) is 0 Å². The molecule has 0 amide bonds. The van der Waals surface area contributed by atoms with Crippen molar-refractivity contribution in [3.05, 3.63) is 23.3 Å². The molecular formula is C15H23NO2. The van der Waals surface area contributed by atoms with E-state index in [-0.39, 0.29) is 0 Å². The largest absolute Gasteiger partial charge is 0.478 e. The van der Waals surface area contributed by atoms with Gasteiger partial charge < -0.3 is 10.0 Å². The second-order valence-corrected chi connectivity index (χ2v) is 5.34. The summed E-state index contributed by atoms with van der Waals surface area (Å²) in [4.78, 5) is 13.1. The predicted molar refractivity (Wildman–Crippen MR) is 72.6 cm³/mol. The van der Waals surface area contributed by atoms with Crippen molar-refractivity contribution in [2.75, 3.05) is 19.6 Å². The maximum absolute atomic E-state index is 10.6. The zero-order chi connectivity index (χ0) is 12.8. The summed E-state index contributed by atoms with van der Waals surface area (Å²) in [7, 11) is 0. The summed E-state index contributed by atoms with van der Waals surface area (Å²) < 4.78 is 0. The summed E-state index contributed by atoms with van der Waals surface area (Å²) in [5.74, 6) is -0.800. The summed E-state index contributed by atoms with van der Waals surface area (Å²) in [5.41, 5.74) is 2.73. The molecule has 0 atom stereocenters. The minimum absolute atomic E-state index is 0.800. The van der Waals surface area contributed by atoms with E-state index in [1.54, 1.807) is 5.57 Å². The van der Waals surface area contributed by atoms with Crippen molar-refractivity contribution in [3.63, 3.8) is 0 Å². The van der Waals surface area contributed by atoms with Gasteiger partial charge in [0.1, 0.15) is 0 Å². The lowest BCUT2D eigenvalue weighted by Crippen LogP contribution is -2.32. The smallest absolute Gasteiger partial charge is 0.328 e. The minimum Gasteiger partial charge on any atom is -0.478 e. The van der Waals surface area contributed by atoms with Crippen LogP contribution in [0.1, 0.15) is 44.9 Å². The van der Waals surface area contributed by atoms with Gasteiger partial charge in [0.25, 0.3) is 0 Å². The van der Waals surface area contributed by atoms with Gasteiger partial charge in [-0.05, 0) is 44.9 Å². The molecule has 100 valence electrons. The van der Waals surface area contributed by atoms with E-state index in [0.717, 1.165) is 38.0 Å². The normalized spacial score (nSPS) is 21.6. The first-order valence-corrected chi connectivity index (χ1v) is 7.06. The number of carbonyl (C=O) groups is 1. The Morgan fingerprint density at radius 2 is 2.06 bits per heavy atom. The van der Waals surface area contributed by atoms with Crippen molar-refractivity contribution in [1.82, 2.24) is 4.90 Å². The Bertz CT molecular complexity index is 348. The van der Waals surface area contributed by atoms with Crippen molar-refractivity contribution in [2.45, 2.75) is 44.9 Å². The Morgan fingerprint density at radius 3 is 2.67 bits per heavy atom. The lowest BCUT2D eigenvalue weighted by Gasteiger charge is -2.28. The van der Waals surface area contributed by atoms with Gasteiger partial charge in [0, 0.05) is 25.7 Å². The van der Waals surface area contributed by atoms with E-state index in [9.17, 15) is 4.79 Å². The molecule has 2 rings (SSSR count). The van der Waals surface area contributed by atoms with Gasteiger partial charge >= 0.3 is 5.97 Å². The van der Waals surface area contributed by atoms with Gasteiger partial charge in [-0.15, -0.1) is 0 Å². The van der Waals surface area contributed by atoms with Gasteiger partial charge in [-0.25, -0.2) is 4.79 Å². The van der Waals surface area contributed by atoms with Gasteiger partial charge in [-0.1, -0.05) is 17.2 Å². The Balaban J connectivity index is 1.70. The van der Waals surface area contributed by atoms with Crippen LogP contribution in [-0.2, 0) is 4.79 Å². The van der Waals surface area contributed by atoms with Gasteiger partial charge in [0.2, 0.25) is 0 Å². The summed E-state index contributed by atoms with van der Waals surface area (Å²) in [6.07, 6.45) is 12.1. The van der Waals surface area contributed by atoms with Crippen LogP contribution < -0.4 is 0 Å². The standard InChI is InChI=1S/C15H23NO2/c17-15(18)12-14-7-10-16(11-8-14)9-6-13-4-2-1-3-5-13/h4,12H,1-3,5-11H2,(H,17,18). The molecule has 0 aromatic heterocycles. The third-order valence-electron chi connectivity index (χ3n) is 3.96. The summed E-state index contributed by atoms with van der Waals surface area (Å²) in [6, 6.07) is 0. The zero-order valence-electron chi connectivity index (χ0n) is 11.0. The fourth-order valence-electron chi connectivity index (χ4n) is 2.82. The maximum Gasteiger partial charge on any atom is 0.328 e. The second-order valence-electron chi connectivity index (χ2n) is 5.34. The topological polar surface area (TPSA) is 40.5 Å². The molecule has 1 heterocycles. The third-order valence-corrected chi connectivity index (χ3v) is 3.96. The average Bonchev–Trinajstić information content (AvgIpc) is 2.38. The van der Waals surface area contributed by atoms with Crippen molar-refractivity contribution in [1.29, 1.82) is 0 Å². The number of aliphatic carboxylic acids is 1. The summed E-state index contributed by atoms with van der Waals surface area (Å²) >= 11 is 0. The molecule has 0 aromatic carbocycles. The van der Waals surface area contributed by atoms with Crippen molar-refractivity contribution < 1.29 is 9.90 Å². The van der Waals surface area contributed by atoms with E-state index in [4.69, 9.17) is 5.11 Å². The van der Waals surface area contributed by atoms with E-state index < -0.39 is 5.97 Å². The van der Waals surface area contributed by atoms with E-state index in [1.807, 2.05) is 0 Å². The molecule has 0 spiro atoms. The molecule has 2 aliphatic rings. The molecule has 3 nitrogen and oxygen atoms in total. The molecule has 0 radical (unpaired) electrons. The monoisotopic (exact) mass is 249 g/mol. The molecule has 1 aliphatic heterocycles. The van der Waals surface area contributed by atoms with Crippen LogP contribution in [0.4, 0.5) is 0 Å². The van der Waals surface area contributed by atoms with Crippen LogP contribution in [0.15, 0.2) is 23.3 Å². The SMILES string of the molecule is O=C(O)C=C1CCN(CCC2=CCCCC2)CC1. The number of nitrogens with zero attached hydrogens (tertiary/aromatic N) is 1. The van der Waals surface area contributed by atoms with Gasteiger partial charge in [-0.2, -0.15) is 0 Å². The van der Waals surface area contributed by atoms with Gasteiger partial charge in [-0.3, -0.25) is 0 Å². The first-order chi connectivity index (χ1) is 8.74. The summed E-state index contributed by atoms with van der Waals surface area (Å²) in [5, 5.41) is 8.71. The quantitative estimate of drug-likeness (QED) is 0.615. The molecule has 0 bridgehead atoms. The Hall–Kier alpha value is -1.09. The number of hydrogen-bond donors (Lipinski definition) is 1. The second kappa shape index (κ2) is 6.74. The summed E-state index contributed by atoms with van der Waals surface area (Å²) in [6.45, 7) is 3.19. The molecular weight excluding hydrogens is 226 g/mol. The highest BCUT2D eigenvalue weighted by Gasteiger charge is 2.15. The molecule has 0 unspecified atom stereocenters. The Morgan fingerprint density at radius 1 is 1.28 bits per heavy atom. The Labute approximate surface area is 109 Å². The van der Waals surface area contributed by atoms with Crippen LogP contribution in [0, 0.1) is 0 Å². The average molecular weight is 249 g/mol. The van der Waals surface area contributed by atoms with Gasteiger partial charge in [0.15, 0.2) is 0 Å². The number of carboxylic acid groups (broad SMARTS) is 1. The van der Waals surface area contributed by atoms with Crippen LogP contribution in [0.25, 0.3) is 0 Å². The van der Waals surface area contributed by atoms with Gasteiger partial charge in [0.05, 0.1) is 0 Å². The van der Waals surface area contributed by atoms with Crippen LogP contribution in [-0.4, -0.2) is 35.6 Å². The minimum atomic E-state index is -0.800. The Kier molecular flexibility index (Phi) is 5.00. The number of piperidine rings is 1. The van der Waals surface area contributed by atoms with E-state index in [0.29, 0.717) is 0 Å². The highest BCUT2D eigenvalue weighted by Crippen LogP contribution is 2.22. The van der Waals surface area contributed by atoms with Crippen LogP contribution in [0.5, 0.6) is 0 Å². The van der Waals surface area contributed by atoms with Crippen molar-refractivity contribution in [3.8, 4) is 0 Å². The van der Waals surface area contributed by atoms with E-state index in [1.165, 1.54) is 38.2 Å². The molecule has 1 aliphatic carbocycles. The van der Waals surface area contributed by atoms with Crippen molar-refractivity contribution >= 4 is 5.97 Å². The first-order valence-electron chi connectivity index (χ1n) is 7.06. The molecule has 0 aromatic rings. The molecule has 3 heteroatoms. The fraction of sp³-hybridized carbons (Fsp3) is 0.667. The first kappa shape index (κ1) is 13.3. The van der Waals surface area contributed by atoms with Crippen LogP contribution in [0.3, 0.4) is 0 Å². The van der Waals surface area contributed by atoms with Crippen LogP contribution >= 0.6 is 0 Å². The molecule has 1 saturated heterocycles. The maximum atomic E-state index is 10.6. The highest BCUT2D eigenvalue weighted by atomic mass is 16.4. The zero-order valence-corrected chi connectivity index (χ0v) is 11.0. The lowest BCUT2D eigenvalue weighted by molar-refractivity contribution is -0.131. The number of allylic oxidation sites excluding steroid dienone is 1. The van der Waals surface area contributed by atoms with E-state index in [2.05, 4.69) is 11.0 Å². The predicted octanol–water partition coefficient (Wildman–Crippen LogP) is 2.98. The number of carboxylic acids is 1. The lowest BCUT2D eigenvalue weighted by atomic mass is 9.96. The number of hydrogen-bond acceptors (Lipinski definition) is 2. The highest BCUT2D eigenvalue weighted by molar-refractivity contribution is 5.80. The molecule has 0 saturated carbocycles.